The first-order chi connectivity index (χ1) is 13.2. The predicted octanol–water partition coefficient (Wildman–Crippen LogP) is 4.63. The number of carbonyl (C=O) groups is 2. The topological polar surface area (TPSA) is 55.4 Å². The number of ketones is 1. The molecule has 0 radical (unpaired) electrons. The highest BCUT2D eigenvalue weighted by Gasteiger charge is 2.18. The van der Waals surface area contributed by atoms with Crippen LogP contribution in [0.25, 0.3) is 0 Å². The minimum atomic E-state index is -0.276. The smallest absolute Gasteiger partial charge is 0.221 e. The van der Waals surface area contributed by atoms with Crippen LogP contribution in [0.2, 0.25) is 0 Å². The molecule has 0 bridgehead atoms. The summed E-state index contributed by atoms with van der Waals surface area (Å²) < 4.78 is 5.21. The summed E-state index contributed by atoms with van der Waals surface area (Å²) in [6, 6.07) is 20.8. The molecule has 0 aliphatic heterocycles. The fourth-order valence-corrected chi connectivity index (χ4v) is 3.52. The summed E-state index contributed by atoms with van der Waals surface area (Å²) in [4.78, 5) is 25.3. The molecule has 1 unspecified atom stereocenters. The Balaban J connectivity index is 1.71. The van der Waals surface area contributed by atoms with Crippen LogP contribution in [0.1, 0.15) is 39.7 Å². The first kappa shape index (κ1) is 18.9. The van der Waals surface area contributed by atoms with Crippen molar-refractivity contribution in [3.05, 3.63) is 88.1 Å². The van der Waals surface area contributed by atoms with E-state index in [9.17, 15) is 9.59 Å². The van der Waals surface area contributed by atoms with E-state index in [4.69, 9.17) is 4.74 Å². The molecule has 1 aromatic heterocycles. The molecule has 3 aromatic rings. The standard InChI is InChI=1S/C22H21NO3S/c1-26-18-11-9-17(10-12-18)22(16-6-3-2-4-7-16)23-21(25)14-13-19(24)20-8-5-15-27-20/h2-12,15,22H,13-14H2,1H3,(H,23,25). The molecule has 0 spiro atoms. The molecule has 0 fully saturated rings. The second kappa shape index (κ2) is 9.14. The van der Waals surface area contributed by atoms with Crippen LogP contribution in [0.3, 0.4) is 0 Å². The molecule has 2 aromatic carbocycles. The molecule has 0 saturated heterocycles. The van der Waals surface area contributed by atoms with E-state index in [1.54, 1.807) is 13.2 Å². The van der Waals surface area contributed by atoms with Crippen molar-refractivity contribution in [2.24, 2.45) is 0 Å². The minimum absolute atomic E-state index is 0.000795. The van der Waals surface area contributed by atoms with Crippen molar-refractivity contribution in [1.29, 1.82) is 0 Å². The van der Waals surface area contributed by atoms with Crippen LogP contribution in [0, 0.1) is 0 Å². The van der Waals surface area contributed by atoms with E-state index in [2.05, 4.69) is 5.32 Å². The van der Waals surface area contributed by atoms with Crippen molar-refractivity contribution < 1.29 is 14.3 Å². The quantitative estimate of drug-likeness (QED) is 0.581. The Morgan fingerprint density at radius 3 is 2.26 bits per heavy atom. The maximum Gasteiger partial charge on any atom is 0.221 e. The number of amides is 1. The zero-order chi connectivity index (χ0) is 19.1. The van der Waals surface area contributed by atoms with Gasteiger partial charge < -0.3 is 10.1 Å². The fourth-order valence-electron chi connectivity index (χ4n) is 2.82. The molecule has 27 heavy (non-hydrogen) atoms. The van der Waals surface area contributed by atoms with Crippen LogP contribution in [0.15, 0.2) is 72.1 Å². The number of hydrogen-bond acceptors (Lipinski definition) is 4. The SMILES string of the molecule is COc1ccc(C(NC(=O)CCC(=O)c2cccs2)c2ccccc2)cc1. The average Bonchev–Trinajstić information content (AvgIpc) is 3.26. The summed E-state index contributed by atoms with van der Waals surface area (Å²) in [5.74, 6) is 0.615. The molecule has 0 aliphatic carbocycles. The summed E-state index contributed by atoms with van der Waals surface area (Å²) in [6.45, 7) is 0. The fraction of sp³-hybridized carbons (Fsp3) is 0.182. The van der Waals surface area contributed by atoms with Gasteiger partial charge in [-0.2, -0.15) is 0 Å². The van der Waals surface area contributed by atoms with E-state index in [0.29, 0.717) is 4.88 Å². The van der Waals surface area contributed by atoms with Gasteiger partial charge in [0, 0.05) is 12.8 Å². The number of methoxy groups -OCH3 is 1. The third-order valence-corrected chi connectivity index (χ3v) is 5.17. The number of Topliss-reactive ketones (excluding diaryl/α,β-unsaturated/α-hetero) is 1. The second-order valence-corrected chi connectivity index (χ2v) is 7.03. The molecule has 5 heteroatoms. The maximum absolute atomic E-state index is 12.5. The average molecular weight is 379 g/mol. The lowest BCUT2D eigenvalue weighted by atomic mass is 9.98. The first-order valence-electron chi connectivity index (χ1n) is 8.72. The molecule has 1 N–H and O–H groups in total. The number of hydrogen-bond donors (Lipinski definition) is 1. The monoisotopic (exact) mass is 379 g/mol. The van der Waals surface area contributed by atoms with Crippen LogP contribution >= 0.6 is 11.3 Å². The molecule has 1 atom stereocenters. The van der Waals surface area contributed by atoms with Gasteiger partial charge in [0.2, 0.25) is 5.91 Å². The van der Waals surface area contributed by atoms with Crippen LogP contribution in [0.4, 0.5) is 0 Å². The number of rotatable bonds is 8. The zero-order valence-electron chi connectivity index (χ0n) is 15.1. The maximum atomic E-state index is 12.5. The van der Waals surface area contributed by atoms with Crippen LogP contribution in [-0.2, 0) is 4.79 Å². The lowest BCUT2D eigenvalue weighted by Gasteiger charge is -2.20. The van der Waals surface area contributed by atoms with Gasteiger partial charge in [-0.05, 0) is 34.7 Å². The Hall–Kier alpha value is -2.92. The van der Waals surface area contributed by atoms with E-state index >= 15 is 0 Å². The third-order valence-electron chi connectivity index (χ3n) is 4.26. The first-order valence-corrected chi connectivity index (χ1v) is 9.60. The number of ether oxygens (including phenoxy) is 1. The van der Waals surface area contributed by atoms with E-state index in [1.807, 2.05) is 66.0 Å². The lowest BCUT2D eigenvalue weighted by Crippen LogP contribution is -2.29. The third kappa shape index (κ3) is 5.05. The highest BCUT2D eigenvalue weighted by Crippen LogP contribution is 2.24. The van der Waals surface area contributed by atoms with Gasteiger partial charge in [0.05, 0.1) is 18.0 Å². The molecular formula is C22H21NO3S. The van der Waals surface area contributed by atoms with E-state index in [-0.39, 0.29) is 30.6 Å². The van der Waals surface area contributed by atoms with E-state index < -0.39 is 0 Å². The van der Waals surface area contributed by atoms with Gasteiger partial charge in [-0.15, -0.1) is 11.3 Å². The molecule has 1 amide bonds. The second-order valence-electron chi connectivity index (χ2n) is 6.08. The van der Waals surface area contributed by atoms with Gasteiger partial charge in [-0.25, -0.2) is 0 Å². The molecule has 1 heterocycles. The molecule has 4 nitrogen and oxygen atoms in total. The summed E-state index contributed by atoms with van der Waals surface area (Å²) in [7, 11) is 1.62. The largest absolute Gasteiger partial charge is 0.497 e. The predicted molar refractivity (Wildman–Crippen MR) is 107 cm³/mol. The Labute approximate surface area is 162 Å². The number of nitrogens with one attached hydrogen (secondary N) is 1. The zero-order valence-corrected chi connectivity index (χ0v) is 15.9. The van der Waals surface area contributed by atoms with Crippen LogP contribution in [0.5, 0.6) is 5.75 Å². The minimum Gasteiger partial charge on any atom is -0.497 e. The van der Waals surface area contributed by atoms with Crippen LogP contribution < -0.4 is 10.1 Å². The summed E-state index contributed by atoms with van der Waals surface area (Å²) in [5, 5.41) is 4.92. The molecule has 0 saturated carbocycles. The Morgan fingerprint density at radius 1 is 0.926 bits per heavy atom. The van der Waals surface area contributed by atoms with Crippen molar-refractivity contribution in [3.8, 4) is 5.75 Å². The van der Waals surface area contributed by atoms with Gasteiger partial charge in [-0.1, -0.05) is 48.5 Å². The van der Waals surface area contributed by atoms with Gasteiger partial charge in [0.25, 0.3) is 0 Å². The van der Waals surface area contributed by atoms with Crippen molar-refractivity contribution in [2.45, 2.75) is 18.9 Å². The van der Waals surface area contributed by atoms with Crippen molar-refractivity contribution in [3.63, 3.8) is 0 Å². The number of carbonyl (C=O) groups excluding carboxylic acids is 2. The molecular weight excluding hydrogens is 358 g/mol. The Morgan fingerprint density at radius 2 is 1.63 bits per heavy atom. The normalized spacial score (nSPS) is 11.6. The lowest BCUT2D eigenvalue weighted by molar-refractivity contribution is -0.121. The highest BCUT2D eigenvalue weighted by molar-refractivity contribution is 7.12. The summed E-state index contributed by atoms with van der Waals surface area (Å²) in [6.07, 6.45) is 0.368. The van der Waals surface area contributed by atoms with Gasteiger partial charge in [0.15, 0.2) is 5.78 Å². The summed E-state index contributed by atoms with van der Waals surface area (Å²) >= 11 is 1.40. The van der Waals surface area contributed by atoms with E-state index in [1.165, 1.54) is 11.3 Å². The van der Waals surface area contributed by atoms with Gasteiger partial charge in [0.1, 0.15) is 5.75 Å². The van der Waals surface area contributed by atoms with Gasteiger partial charge >= 0.3 is 0 Å². The molecule has 138 valence electrons. The van der Waals surface area contributed by atoms with Crippen molar-refractivity contribution in [1.82, 2.24) is 5.32 Å². The number of benzene rings is 2. The van der Waals surface area contributed by atoms with E-state index in [0.717, 1.165) is 16.9 Å². The van der Waals surface area contributed by atoms with Gasteiger partial charge in [-0.3, -0.25) is 9.59 Å². The highest BCUT2D eigenvalue weighted by atomic mass is 32.1. The molecule has 0 aliphatic rings. The van der Waals surface area contributed by atoms with Crippen LogP contribution in [-0.4, -0.2) is 18.8 Å². The Kier molecular flexibility index (Phi) is 6.39. The van der Waals surface area contributed by atoms with Crippen molar-refractivity contribution in [2.75, 3.05) is 7.11 Å². The molecule has 3 rings (SSSR count). The number of thiophene rings is 1. The summed E-state index contributed by atoms with van der Waals surface area (Å²) in [5.41, 5.74) is 1.94. The Bertz CT molecular complexity index is 874. The van der Waals surface area contributed by atoms with Crippen molar-refractivity contribution >= 4 is 23.0 Å².